The van der Waals surface area contributed by atoms with Crippen molar-refractivity contribution in [2.45, 2.75) is 6.92 Å². The Kier molecular flexibility index (Phi) is 6.01. The molecule has 0 bridgehead atoms. The molecule has 0 unspecified atom stereocenters. The zero-order valence-electron chi connectivity index (χ0n) is 12.2. The molecule has 5 nitrogen and oxygen atoms in total. The molecule has 0 aliphatic carbocycles. The van der Waals surface area contributed by atoms with Crippen molar-refractivity contribution in [1.82, 2.24) is 0 Å². The van der Waals surface area contributed by atoms with E-state index >= 15 is 0 Å². The van der Waals surface area contributed by atoms with Crippen molar-refractivity contribution >= 4 is 50.7 Å². The van der Waals surface area contributed by atoms with Gasteiger partial charge in [0, 0.05) is 17.1 Å². The second-order valence-corrected chi connectivity index (χ2v) is 5.99. The van der Waals surface area contributed by atoms with Crippen molar-refractivity contribution in [1.29, 1.82) is 0 Å². The summed E-state index contributed by atoms with van der Waals surface area (Å²) in [5.41, 5.74) is 1.18. The van der Waals surface area contributed by atoms with E-state index in [2.05, 4.69) is 26.6 Å². The highest BCUT2D eigenvalue weighted by atomic mass is 79.9. The molecule has 7 heteroatoms. The number of carbonyl (C=O) groups excluding carboxylic acids is 2. The van der Waals surface area contributed by atoms with E-state index in [1.807, 2.05) is 0 Å². The van der Waals surface area contributed by atoms with Crippen LogP contribution in [0.1, 0.15) is 6.92 Å². The van der Waals surface area contributed by atoms with Gasteiger partial charge in [-0.2, -0.15) is 0 Å². The van der Waals surface area contributed by atoms with Gasteiger partial charge < -0.3 is 15.4 Å². The Labute approximate surface area is 147 Å². The summed E-state index contributed by atoms with van der Waals surface area (Å²) in [6.07, 6.45) is 0. The molecular weight excluding hydrogens is 384 g/mol. The number of carbonyl (C=O) groups is 2. The average Bonchev–Trinajstić information content (AvgIpc) is 2.49. The molecule has 2 aromatic carbocycles. The largest absolute Gasteiger partial charge is 0.484 e. The summed E-state index contributed by atoms with van der Waals surface area (Å²) in [6.45, 7) is 1.29. The molecule has 2 rings (SSSR count). The monoisotopic (exact) mass is 396 g/mol. The molecule has 2 amide bonds. The number of anilines is 2. The summed E-state index contributed by atoms with van der Waals surface area (Å²) in [6, 6.07) is 11.9. The van der Waals surface area contributed by atoms with Crippen LogP contribution in [0, 0.1) is 0 Å². The van der Waals surface area contributed by atoms with Crippen LogP contribution in [0.3, 0.4) is 0 Å². The van der Waals surface area contributed by atoms with E-state index in [0.29, 0.717) is 22.1 Å². The molecule has 0 aliphatic rings. The van der Waals surface area contributed by atoms with Crippen molar-refractivity contribution < 1.29 is 14.3 Å². The molecular formula is C16H14BrClN2O3. The number of nitrogens with one attached hydrogen (secondary N) is 2. The molecule has 0 heterocycles. The topological polar surface area (TPSA) is 67.4 Å². The molecule has 2 aromatic rings. The average molecular weight is 398 g/mol. The molecule has 2 N–H and O–H groups in total. The summed E-state index contributed by atoms with van der Waals surface area (Å²) in [4.78, 5) is 22.8. The van der Waals surface area contributed by atoms with Crippen LogP contribution in [-0.4, -0.2) is 18.4 Å². The van der Waals surface area contributed by atoms with E-state index in [0.717, 1.165) is 4.47 Å². The second-order valence-electron chi connectivity index (χ2n) is 4.67. The first-order valence-corrected chi connectivity index (χ1v) is 7.86. The molecule has 0 aromatic heterocycles. The van der Waals surface area contributed by atoms with E-state index in [1.54, 1.807) is 42.5 Å². The maximum atomic E-state index is 11.9. The van der Waals surface area contributed by atoms with Gasteiger partial charge in [0.15, 0.2) is 6.61 Å². The predicted molar refractivity (Wildman–Crippen MR) is 94.0 cm³/mol. The zero-order chi connectivity index (χ0) is 16.8. The molecule has 0 spiro atoms. The quantitative estimate of drug-likeness (QED) is 0.799. The molecule has 0 saturated heterocycles. The van der Waals surface area contributed by atoms with Gasteiger partial charge in [-0.05, 0) is 42.5 Å². The maximum absolute atomic E-state index is 11.9. The fourth-order valence-corrected chi connectivity index (χ4v) is 2.48. The Morgan fingerprint density at radius 2 is 1.83 bits per heavy atom. The molecule has 0 atom stereocenters. The third kappa shape index (κ3) is 5.58. The Morgan fingerprint density at radius 1 is 1.13 bits per heavy atom. The van der Waals surface area contributed by atoms with Crippen LogP contribution < -0.4 is 15.4 Å². The molecule has 0 fully saturated rings. The molecule has 0 saturated carbocycles. The van der Waals surface area contributed by atoms with Gasteiger partial charge >= 0.3 is 0 Å². The minimum atomic E-state index is -0.319. The molecule has 0 radical (unpaired) electrons. The molecule has 23 heavy (non-hydrogen) atoms. The minimum absolute atomic E-state index is 0.147. The van der Waals surface area contributed by atoms with Gasteiger partial charge in [0.05, 0.1) is 10.7 Å². The summed E-state index contributed by atoms with van der Waals surface area (Å²) in [5.74, 6) is 0.0562. The SMILES string of the molecule is CC(=O)Nc1ccc(OCC(=O)Nc2ccc(Br)cc2Cl)cc1. The zero-order valence-corrected chi connectivity index (χ0v) is 14.6. The smallest absolute Gasteiger partial charge is 0.262 e. The van der Waals surface area contributed by atoms with Crippen molar-refractivity contribution in [3.63, 3.8) is 0 Å². The number of rotatable bonds is 5. The number of ether oxygens (including phenoxy) is 1. The highest BCUT2D eigenvalue weighted by Gasteiger charge is 2.07. The van der Waals surface area contributed by atoms with Gasteiger partial charge in [-0.3, -0.25) is 9.59 Å². The van der Waals surface area contributed by atoms with E-state index in [-0.39, 0.29) is 18.4 Å². The van der Waals surface area contributed by atoms with Crippen LogP contribution >= 0.6 is 27.5 Å². The molecule has 0 aliphatic heterocycles. The lowest BCUT2D eigenvalue weighted by molar-refractivity contribution is -0.118. The number of amides is 2. The van der Waals surface area contributed by atoms with Gasteiger partial charge in [0.2, 0.25) is 5.91 Å². The number of hydrogen-bond donors (Lipinski definition) is 2. The van der Waals surface area contributed by atoms with Crippen LogP contribution in [0.25, 0.3) is 0 Å². The summed E-state index contributed by atoms with van der Waals surface area (Å²) in [7, 11) is 0. The Bertz CT molecular complexity index is 720. The van der Waals surface area contributed by atoms with E-state index in [9.17, 15) is 9.59 Å². The summed E-state index contributed by atoms with van der Waals surface area (Å²) >= 11 is 9.33. The first-order chi connectivity index (χ1) is 10.9. The first kappa shape index (κ1) is 17.3. The van der Waals surface area contributed by atoms with Crippen molar-refractivity contribution in [3.05, 3.63) is 52.0 Å². The predicted octanol–water partition coefficient (Wildman–Crippen LogP) is 4.08. The van der Waals surface area contributed by atoms with Gasteiger partial charge in [-0.25, -0.2) is 0 Å². The Morgan fingerprint density at radius 3 is 2.43 bits per heavy atom. The van der Waals surface area contributed by atoms with Crippen LogP contribution in [0.4, 0.5) is 11.4 Å². The highest BCUT2D eigenvalue weighted by molar-refractivity contribution is 9.10. The van der Waals surface area contributed by atoms with Gasteiger partial charge in [0.1, 0.15) is 5.75 Å². The standard InChI is InChI=1S/C16H14BrClN2O3/c1-10(21)19-12-3-5-13(6-4-12)23-9-16(22)20-15-7-2-11(17)8-14(15)18/h2-8H,9H2,1H3,(H,19,21)(H,20,22). The number of halogens is 2. The van der Waals surface area contributed by atoms with E-state index < -0.39 is 0 Å². The maximum Gasteiger partial charge on any atom is 0.262 e. The van der Waals surface area contributed by atoms with Crippen LogP contribution in [0.5, 0.6) is 5.75 Å². The lowest BCUT2D eigenvalue weighted by Crippen LogP contribution is -2.20. The van der Waals surface area contributed by atoms with Crippen molar-refractivity contribution in [2.24, 2.45) is 0 Å². The van der Waals surface area contributed by atoms with Gasteiger partial charge in [0.25, 0.3) is 5.91 Å². The van der Waals surface area contributed by atoms with E-state index in [1.165, 1.54) is 6.92 Å². The summed E-state index contributed by atoms with van der Waals surface area (Å²) in [5, 5.41) is 5.76. The van der Waals surface area contributed by atoms with Crippen LogP contribution in [-0.2, 0) is 9.59 Å². The first-order valence-electron chi connectivity index (χ1n) is 6.69. The fraction of sp³-hybridized carbons (Fsp3) is 0.125. The Hall–Kier alpha value is -2.05. The third-order valence-corrected chi connectivity index (χ3v) is 3.56. The Balaban J connectivity index is 1.87. The van der Waals surface area contributed by atoms with Crippen molar-refractivity contribution in [2.75, 3.05) is 17.2 Å². The third-order valence-electron chi connectivity index (χ3n) is 2.75. The fourth-order valence-electron chi connectivity index (χ4n) is 1.76. The van der Waals surface area contributed by atoms with Crippen LogP contribution in [0.15, 0.2) is 46.9 Å². The summed E-state index contributed by atoms with van der Waals surface area (Å²) < 4.78 is 6.22. The highest BCUT2D eigenvalue weighted by Crippen LogP contribution is 2.25. The lowest BCUT2D eigenvalue weighted by Gasteiger charge is -2.09. The molecule has 120 valence electrons. The minimum Gasteiger partial charge on any atom is -0.484 e. The van der Waals surface area contributed by atoms with E-state index in [4.69, 9.17) is 16.3 Å². The normalized spacial score (nSPS) is 10.0. The second kappa shape index (κ2) is 7.99. The van der Waals surface area contributed by atoms with Crippen molar-refractivity contribution in [3.8, 4) is 5.75 Å². The lowest BCUT2D eigenvalue weighted by atomic mass is 10.3. The van der Waals surface area contributed by atoms with Gasteiger partial charge in [-0.1, -0.05) is 27.5 Å². The number of hydrogen-bond acceptors (Lipinski definition) is 3. The number of benzene rings is 2. The van der Waals surface area contributed by atoms with Crippen LogP contribution in [0.2, 0.25) is 5.02 Å². The van der Waals surface area contributed by atoms with Gasteiger partial charge in [-0.15, -0.1) is 0 Å².